The Bertz CT molecular complexity index is 300. The van der Waals surface area contributed by atoms with Crippen LogP contribution < -0.4 is 10.5 Å². The molecule has 0 saturated carbocycles. The van der Waals surface area contributed by atoms with Crippen molar-refractivity contribution in [1.82, 2.24) is 0 Å². The van der Waals surface area contributed by atoms with Crippen LogP contribution in [0.2, 0.25) is 0 Å². The normalized spacial score (nSPS) is 10.8. The summed E-state index contributed by atoms with van der Waals surface area (Å²) >= 11 is 1.88. The molecule has 1 aromatic carbocycles. The van der Waals surface area contributed by atoms with Crippen molar-refractivity contribution in [2.45, 2.75) is 18.6 Å². The van der Waals surface area contributed by atoms with Gasteiger partial charge in [0.15, 0.2) is 0 Å². The Balaban J connectivity index is 0.00000225. The van der Waals surface area contributed by atoms with Gasteiger partial charge in [0, 0.05) is 17.0 Å². The van der Waals surface area contributed by atoms with Crippen LogP contribution in [0.3, 0.4) is 0 Å². The van der Waals surface area contributed by atoms with Gasteiger partial charge in [-0.25, -0.2) is 0 Å². The van der Waals surface area contributed by atoms with Crippen LogP contribution in [0, 0.1) is 0 Å². The maximum Gasteiger partial charge on any atom is 0.118 e. The lowest BCUT2D eigenvalue weighted by Gasteiger charge is -2.24. The van der Waals surface area contributed by atoms with Gasteiger partial charge in [-0.15, -0.1) is 24.2 Å². The lowest BCUT2D eigenvalue weighted by molar-refractivity contribution is 0.414. The van der Waals surface area contributed by atoms with Crippen LogP contribution >= 0.6 is 24.2 Å². The summed E-state index contributed by atoms with van der Waals surface area (Å²) in [5, 5.41) is 0. The molecule has 0 aliphatic heterocycles. The number of halogens is 1. The summed E-state index contributed by atoms with van der Waals surface area (Å²) in [6.07, 6.45) is 0. The van der Waals surface area contributed by atoms with Crippen molar-refractivity contribution >= 4 is 24.2 Å². The molecule has 0 fully saturated rings. The van der Waals surface area contributed by atoms with E-state index in [0.717, 1.165) is 18.0 Å². The minimum Gasteiger partial charge on any atom is -0.497 e. The predicted molar refractivity (Wildman–Crippen MR) is 74.8 cm³/mol. The second kappa shape index (κ2) is 7.05. The maximum absolute atomic E-state index is 5.52. The van der Waals surface area contributed by atoms with Gasteiger partial charge in [-0.05, 0) is 31.5 Å². The van der Waals surface area contributed by atoms with E-state index in [9.17, 15) is 0 Å². The standard InChI is InChI=1S/C12H19NOS.ClH/c1-12(2,15-9-8-13)10-4-6-11(14-3)7-5-10;/h4-7H,8-9,13H2,1-3H3;1H. The van der Waals surface area contributed by atoms with Crippen molar-refractivity contribution in [2.24, 2.45) is 5.73 Å². The minimum atomic E-state index is 0. The monoisotopic (exact) mass is 261 g/mol. The van der Waals surface area contributed by atoms with E-state index in [-0.39, 0.29) is 17.2 Å². The number of nitrogens with two attached hydrogens (primary N) is 1. The van der Waals surface area contributed by atoms with Gasteiger partial charge in [-0.1, -0.05) is 12.1 Å². The molecular weight excluding hydrogens is 242 g/mol. The Morgan fingerprint density at radius 2 is 1.81 bits per heavy atom. The van der Waals surface area contributed by atoms with Crippen LogP contribution in [0.25, 0.3) is 0 Å². The summed E-state index contributed by atoms with van der Waals surface area (Å²) in [6.45, 7) is 5.16. The van der Waals surface area contributed by atoms with Gasteiger partial charge in [0.2, 0.25) is 0 Å². The largest absolute Gasteiger partial charge is 0.497 e. The molecule has 0 radical (unpaired) electrons. The second-order valence-electron chi connectivity index (χ2n) is 3.88. The number of hydrogen-bond donors (Lipinski definition) is 1. The fourth-order valence-corrected chi connectivity index (χ4v) is 2.32. The first-order valence-corrected chi connectivity index (χ1v) is 6.07. The number of hydrogen-bond acceptors (Lipinski definition) is 3. The molecular formula is C12H20ClNOS. The highest BCUT2D eigenvalue weighted by Crippen LogP contribution is 2.35. The van der Waals surface area contributed by atoms with Crippen molar-refractivity contribution in [3.63, 3.8) is 0 Å². The van der Waals surface area contributed by atoms with Crippen LogP contribution in [0.1, 0.15) is 19.4 Å². The highest BCUT2D eigenvalue weighted by Gasteiger charge is 2.20. The van der Waals surface area contributed by atoms with Gasteiger partial charge < -0.3 is 10.5 Å². The third-order valence-electron chi connectivity index (χ3n) is 2.37. The fraction of sp³-hybridized carbons (Fsp3) is 0.500. The minimum absolute atomic E-state index is 0. The Hall–Kier alpha value is -0.380. The molecule has 0 bridgehead atoms. The van der Waals surface area contributed by atoms with Crippen molar-refractivity contribution < 1.29 is 4.74 Å². The molecule has 1 aromatic rings. The zero-order valence-corrected chi connectivity index (χ0v) is 11.7. The first-order valence-electron chi connectivity index (χ1n) is 5.08. The highest BCUT2D eigenvalue weighted by molar-refractivity contribution is 8.00. The van der Waals surface area contributed by atoms with Crippen LogP contribution in [-0.2, 0) is 4.75 Å². The van der Waals surface area contributed by atoms with Crippen molar-refractivity contribution in [2.75, 3.05) is 19.4 Å². The summed E-state index contributed by atoms with van der Waals surface area (Å²) < 4.78 is 5.25. The average Bonchev–Trinajstić information content (AvgIpc) is 2.26. The van der Waals surface area contributed by atoms with Gasteiger partial charge in [0.25, 0.3) is 0 Å². The van der Waals surface area contributed by atoms with Crippen LogP contribution in [0.4, 0.5) is 0 Å². The summed E-state index contributed by atoms with van der Waals surface area (Å²) in [4.78, 5) is 0. The smallest absolute Gasteiger partial charge is 0.118 e. The van der Waals surface area contributed by atoms with Crippen LogP contribution in [0.5, 0.6) is 5.75 Å². The second-order valence-corrected chi connectivity index (χ2v) is 5.59. The average molecular weight is 262 g/mol. The third kappa shape index (κ3) is 4.24. The van der Waals surface area contributed by atoms with E-state index in [0.29, 0.717) is 0 Å². The van der Waals surface area contributed by atoms with Gasteiger partial charge in [0.05, 0.1) is 7.11 Å². The first kappa shape index (κ1) is 15.6. The van der Waals surface area contributed by atoms with Crippen LogP contribution in [-0.4, -0.2) is 19.4 Å². The Kier molecular flexibility index (Phi) is 6.88. The van der Waals surface area contributed by atoms with Crippen LogP contribution in [0.15, 0.2) is 24.3 Å². The number of thioether (sulfide) groups is 1. The SMILES string of the molecule is COc1ccc(C(C)(C)SCCN)cc1.Cl. The van der Waals surface area contributed by atoms with Crippen molar-refractivity contribution in [1.29, 1.82) is 0 Å². The number of ether oxygens (including phenoxy) is 1. The summed E-state index contributed by atoms with van der Waals surface area (Å²) in [7, 11) is 1.68. The fourth-order valence-electron chi connectivity index (χ4n) is 1.39. The summed E-state index contributed by atoms with van der Waals surface area (Å²) in [6, 6.07) is 8.23. The lowest BCUT2D eigenvalue weighted by Crippen LogP contribution is -2.15. The van der Waals surface area contributed by atoms with E-state index in [1.54, 1.807) is 7.11 Å². The van der Waals surface area contributed by atoms with Gasteiger partial charge in [-0.3, -0.25) is 0 Å². The van der Waals surface area contributed by atoms with E-state index in [1.807, 2.05) is 23.9 Å². The lowest BCUT2D eigenvalue weighted by atomic mass is 10.0. The molecule has 0 heterocycles. The Labute approximate surface area is 108 Å². The molecule has 0 atom stereocenters. The van der Waals surface area contributed by atoms with E-state index in [1.165, 1.54) is 5.56 Å². The van der Waals surface area contributed by atoms with E-state index in [4.69, 9.17) is 10.5 Å². The number of rotatable bonds is 5. The number of methoxy groups -OCH3 is 1. The van der Waals surface area contributed by atoms with E-state index in [2.05, 4.69) is 26.0 Å². The molecule has 1 rings (SSSR count). The van der Waals surface area contributed by atoms with Crippen molar-refractivity contribution in [3.05, 3.63) is 29.8 Å². The molecule has 0 aliphatic carbocycles. The van der Waals surface area contributed by atoms with Gasteiger partial charge >= 0.3 is 0 Å². The zero-order valence-electron chi connectivity index (χ0n) is 10.0. The molecule has 2 nitrogen and oxygen atoms in total. The quantitative estimate of drug-likeness (QED) is 0.885. The highest BCUT2D eigenvalue weighted by atomic mass is 35.5. The van der Waals surface area contributed by atoms with E-state index >= 15 is 0 Å². The maximum atomic E-state index is 5.52. The number of benzene rings is 1. The third-order valence-corrected chi connectivity index (χ3v) is 3.76. The molecule has 92 valence electrons. The Morgan fingerprint density at radius 3 is 2.25 bits per heavy atom. The van der Waals surface area contributed by atoms with Gasteiger partial charge in [-0.2, -0.15) is 0 Å². The molecule has 16 heavy (non-hydrogen) atoms. The zero-order chi connectivity index (χ0) is 11.3. The molecule has 0 spiro atoms. The molecule has 0 aliphatic rings. The molecule has 0 saturated heterocycles. The molecule has 4 heteroatoms. The molecule has 0 aromatic heterocycles. The Morgan fingerprint density at radius 1 is 1.25 bits per heavy atom. The molecule has 2 N–H and O–H groups in total. The topological polar surface area (TPSA) is 35.2 Å². The molecule has 0 unspecified atom stereocenters. The molecule has 0 amide bonds. The predicted octanol–water partition coefficient (Wildman–Crippen LogP) is 3.04. The van der Waals surface area contributed by atoms with E-state index < -0.39 is 0 Å². The summed E-state index contributed by atoms with van der Waals surface area (Å²) in [5.74, 6) is 1.89. The first-order chi connectivity index (χ1) is 7.10. The van der Waals surface area contributed by atoms with Gasteiger partial charge in [0.1, 0.15) is 5.75 Å². The van der Waals surface area contributed by atoms with Crippen molar-refractivity contribution in [3.8, 4) is 5.75 Å². The summed E-state index contributed by atoms with van der Waals surface area (Å²) in [5.41, 5.74) is 6.83.